The number of aryl methyl sites for hydroxylation is 2. The molecule has 0 aliphatic rings. The molecule has 0 fully saturated rings. The molecule has 0 unspecified atom stereocenters. The lowest BCUT2D eigenvalue weighted by Gasteiger charge is -2.14. The molecule has 5 nitrogen and oxygen atoms in total. The second-order valence-electron chi connectivity index (χ2n) is 5.09. The molecule has 0 saturated carbocycles. The summed E-state index contributed by atoms with van der Waals surface area (Å²) in [7, 11) is 0. The quantitative estimate of drug-likeness (QED) is 0.683. The summed E-state index contributed by atoms with van der Waals surface area (Å²) in [5.41, 5.74) is -0.400. The lowest BCUT2D eigenvalue weighted by atomic mass is 10.2. The van der Waals surface area contributed by atoms with Gasteiger partial charge < -0.3 is 14.5 Å². The van der Waals surface area contributed by atoms with E-state index in [1.807, 2.05) is 5.32 Å². The van der Waals surface area contributed by atoms with Gasteiger partial charge in [0.1, 0.15) is 17.1 Å². The van der Waals surface area contributed by atoms with Gasteiger partial charge in [-0.15, -0.1) is 0 Å². The highest BCUT2D eigenvalue weighted by atomic mass is 19.2. The van der Waals surface area contributed by atoms with E-state index < -0.39 is 41.1 Å². The maximum absolute atomic E-state index is 13.5. The molecule has 8 heteroatoms. The summed E-state index contributed by atoms with van der Waals surface area (Å²) in [6, 6.07) is 2.99. The molecular formula is C16H14F3NO4. The second kappa shape index (κ2) is 6.77. The van der Waals surface area contributed by atoms with Crippen LogP contribution in [0.5, 0.6) is 0 Å². The van der Waals surface area contributed by atoms with E-state index in [1.165, 1.54) is 13.0 Å². The summed E-state index contributed by atoms with van der Waals surface area (Å²) in [5, 5.41) is 2.03. The SMILES string of the molecule is Cc1cc(C(=O)O[C@@H](C)C(=O)Nc2ccc(F)c(F)c2F)c(C)o1. The van der Waals surface area contributed by atoms with Crippen LogP contribution in [0.15, 0.2) is 22.6 Å². The Balaban J connectivity index is 2.06. The first kappa shape index (κ1) is 17.6. The van der Waals surface area contributed by atoms with Gasteiger partial charge in [0.2, 0.25) is 0 Å². The van der Waals surface area contributed by atoms with Crippen LogP contribution >= 0.6 is 0 Å². The number of anilines is 1. The van der Waals surface area contributed by atoms with E-state index >= 15 is 0 Å². The number of hydrogen-bond donors (Lipinski definition) is 1. The third-order valence-corrected chi connectivity index (χ3v) is 3.21. The fourth-order valence-corrected chi connectivity index (χ4v) is 1.97. The van der Waals surface area contributed by atoms with Crippen LogP contribution in [0.4, 0.5) is 18.9 Å². The van der Waals surface area contributed by atoms with Gasteiger partial charge >= 0.3 is 5.97 Å². The van der Waals surface area contributed by atoms with Gasteiger partial charge in [0.25, 0.3) is 5.91 Å². The van der Waals surface area contributed by atoms with Crippen LogP contribution in [0, 0.1) is 31.3 Å². The molecule has 0 aliphatic carbocycles. The summed E-state index contributed by atoms with van der Waals surface area (Å²) in [4.78, 5) is 23.9. The maximum Gasteiger partial charge on any atom is 0.342 e. The van der Waals surface area contributed by atoms with E-state index in [0.717, 1.165) is 6.07 Å². The molecule has 1 N–H and O–H groups in total. The van der Waals surface area contributed by atoms with E-state index in [4.69, 9.17) is 9.15 Å². The molecule has 0 aliphatic heterocycles. The van der Waals surface area contributed by atoms with Crippen LogP contribution in [0.2, 0.25) is 0 Å². The van der Waals surface area contributed by atoms with Crippen LogP contribution < -0.4 is 5.32 Å². The summed E-state index contributed by atoms with van der Waals surface area (Å²) in [5.74, 6) is -5.48. The first-order valence-electron chi connectivity index (χ1n) is 6.93. The van der Waals surface area contributed by atoms with Gasteiger partial charge in [-0.2, -0.15) is 0 Å². The number of furan rings is 1. The first-order chi connectivity index (χ1) is 11.2. The van der Waals surface area contributed by atoms with Gasteiger partial charge in [-0.1, -0.05) is 0 Å². The minimum Gasteiger partial charge on any atom is -0.466 e. The van der Waals surface area contributed by atoms with Crippen molar-refractivity contribution < 1.29 is 31.9 Å². The monoisotopic (exact) mass is 341 g/mol. The molecule has 24 heavy (non-hydrogen) atoms. The Morgan fingerprint density at radius 2 is 1.83 bits per heavy atom. The third kappa shape index (κ3) is 3.58. The van der Waals surface area contributed by atoms with Crippen LogP contribution in [-0.4, -0.2) is 18.0 Å². The van der Waals surface area contributed by atoms with Gasteiger partial charge in [0.05, 0.1) is 5.69 Å². The second-order valence-corrected chi connectivity index (χ2v) is 5.09. The fourth-order valence-electron chi connectivity index (χ4n) is 1.97. The number of nitrogens with one attached hydrogen (secondary N) is 1. The highest BCUT2D eigenvalue weighted by Crippen LogP contribution is 2.20. The van der Waals surface area contributed by atoms with Crippen molar-refractivity contribution in [2.75, 3.05) is 5.32 Å². The van der Waals surface area contributed by atoms with Gasteiger partial charge in [-0.05, 0) is 39.0 Å². The molecule has 2 aromatic rings. The van der Waals surface area contributed by atoms with E-state index in [0.29, 0.717) is 17.6 Å². The Morgan fingerprint density at radius 1 is 1.17 bits per heavy atom. The Morgan fingerprint density at radius 3 is 2.42 bits per heavy atom. The molecule has 128 valence electrons. The minimum atomic E-state index is -1.71. The number of carbonyl (C=O) groups excluding carboxylic acids is 2. The third-order valence-electron chi connectivity index (χ3n) is 3.21. The largest absolute Gasteiger partial charge is 0.466 e. The molecule has 1 amide bonds. The molecule has 1 heterocycles. The van der Waals surface area contributed by atoms with Crippen molar-refractivity contribution in [1.82, 2.24) is 0 Å². The van der Waals surface area contributed by atoms with Crippen LogP contribution in [0.3, 0.4) is 0 Å². The Labute approximate surface area is 135 Å². The van der Waals surface area contributed by atoms with Crippen LogP contribution in [-0.2, 0) is 9.53 Å². The average molecular weight is 341 g/mol. The molecule has 0 saturated heterocycles. The standard InChI is InChI=1S/C16H14F3NO4/c1-7-6-10(8(2)23-7)16(22)24-9(3)15(21)20-12-5-4-11(17)13(18)14(12)19/h4-6,9H,1-3H3,(H,20,21)/t9-/m0/s1. The van der Waals surface area contributed by atoms with Gasteiger partial charge in [-0.25, -0.2) is 18.0 Å². The molecular weight excluding hydrogens is 327 g/mol. The molecule has 1 aromatic heterocycles. The number of rotatable bonds is 4. The van der Waals surface area contributed by atoms with Crippen molar-refractivity contribution in [2.24, 2.45) is 0 Å². The van der Waals surface area contributed by atoms with Crippen molar-refractivity contribution >= 4 is 17.6 Å². The molecule has 0 bridgehead atoms. The van der Waals surface area contributed by atoms with Crippen molar-refractivity contribution in [3.05, 3.63) is 52.7 Å². The number of ether oxygens (including phenoxy) is 1. The number of benzene rings is 1. The number of amides is 1. The number of carbonyl (C=O) groups is 2. The highest BCUT2D eigenvalue weighted by Gasteiger charge is 2.23. The van der Waals surface area contributed by atoms with E-state index in [1.54, 1.807) is 13.8 Å². The summed E-state index contributed by atoms with van der Waals surface area (Å²) >= 11 is 0. The number of esters is 1. The maximum atomic E-state index is 13.5. The van der Waals surface area contributed by atoms with Gasteiger partial charge in [0, 0.05) is 0 Å². The zero-order valence-corrected chi connectivity index (χ0v) is 13.1. The Kier molecular flexibility index (Phi) is 4.96. The first-order valence-corrected chi connectivity index (χ1v) is 6.93. The summed E-state index contributed by atoms with van der Waals surface area (Å²) in [6.07, 6.45) is -1.29. The highest BCUT2D eigenvalue weighted by molar-refractivity contribution is 5.97. The Bertz CT molecular complexity index is 801. The molecule has 2 rings (SSSR count). The van der Waals surface area contributed by atoms with Crippen molar-refractivity contribution in [2.45, 2.75) is 26.9 Å². The van der Waals surface area contributed by atoms with Gasteiger partial charge in [0.15, 0.2) is 23.6 Å². The minimum absolute atomic E-state index is 0.158. The van der Waals surface area contributed by atoms with Crippen molar-refractivity contribution in [3.8, 4) is 0 Å². The van der Waals surface area contributed by atoms with Gasteiger partial charge in [-0.3, -0.25) is 4.79 Å². The lowest BCUT2D eigenvalue weighted by molar-refractivity contribution is -0.123. The molecule has 1 aromatic carbocycles. The number of halogens is 3. The molecule has 1 atom stereocenters. The lowest BCUT2D eigenvalue weighted by Crippen LogP contribution is -2.30. The average Bonchev–Trinajstić information content (AvgIpc) is 2.86. The van der Waals surface area contributed by atoms with Crippen molar-refractivity contribution in [3.63, 3.8) is 0 Å². The van der Waals surface area contributed by atoms with Crippen molar-refractivity contribution in [1.29, 1.82) is 0 Å². The zero-order valence-electron chi connectivity index (χ0n) is 13.1. The van der Waals surface area contributed by atoms with Crippen LogP contribution in [0.25, 0.3) is 0 Å². The fraction of sp³-hybridized carbons (Fsp3) is 0.250. The zero-order chi connectivity index (χ0) is 18.0. The predicted octanol–water partition coefficient (Wildman–Crippen LogP) is 3.50. The smallest absolute Gasteiger partial charge is 0.342 e. The number of hydrogen-bond acceptors (Lipinski definition) is 4. The normalized spacial score (nSPS) is 11.9. The van der Waals surface area contributed by atoms with E-state index in [2.05, 4.69) is 0 Å². The molecule has 0 spiro atoms. The summed E-state index contributed by atoms with van der Waals surface area (Å²) in [6.45, 7) is 4.46. The topological polar surface area (TPSA) is 68.5 Å². The van der Waals surface area contributed by atoms with Crippen LogP contribution in [0.1, 0.15) is 28.8 Å². The van der Waals surface area contributed by atoms with E-state index in [-0.39, 0.29) is 5.56 Å². The molecule has 0 radical (unpaired) electrons. The predicted molar refractivity (Wildman–Crippen MR) is 78.0 cm³/mol. The van der Waals surface area contributed by atoms with E-state index in [9.17, 15) is 22.8 Å². The Hall–Kier alpha value is -2.77. The summed E-state index contributed by atoms with van der Waals surface area (Å²) < 4.78 is 49.6.